The largest absolute Gasteiger partial charge is 0.396 e. The maximum atomic E-state index is 12.6. The van der Waals surface area contributed by atoms with Crippen molar-refractivity contribution in [2.24, 2.45) is 7.05 Å². The molecule has 0 fully saturated rings. The highest BCUT2D eigenvalue weighted by atomic mass is 16.5. The van der Waals surface area contributed by atoms with Crippen LogP contribution in [-0.2, 0) is 11.8 Å². The fraction of sp³-hybridized carbons (Fsp3) is 0.438. The number of fused-ring (bicyclic) bond motifs is 1. The van der Waals surface area contributed by atoms with Gasteiger partial charge < -0.3 is 19.7 Å². The predicted molar refractivity (Wildman–Crippen MR) is 82.4 cm³/mol. The molecular formula is C16H22N2O3. The van der Waals surface area contributed by atoms with Crippen molar-refractivity contribution in [3.8, 4) is 0 Å². The Kier molecular flexibility index (Phi) is 4.65. The number of aliphatic hydroxyl groups excluding tert-OH is 1. The highest BCUT2D eigenvalue weighted by Crippen LogP contribution is 2.20. The van der Waals surface area contributed by atoms with Gasteiger partial charge in [-0.25, -0.2) is 0 Å². The maximum Gasteiger partial charge on any atom is 0.252 e. The molecule has 0 saturated heterocycles. The number of hydrogen-bond acceptors (Lipinski definition) is 3. The topological polar surface area (TPSA) is 63.5 Å². The van der Waals surface area contributed by atoms with Crippen LogP contribution < -0.4 is 5.32 Å². The molecule has 1 aromatic carbocycles. The molecular weight excluding hydrogens is 268 g/mol. The number of methoxy groups -OCH3 is 1. The van der Waals surface area contributed by atoms with E-state index in [1.54, 1.807) is 7.11 Å². The number of ether oxygens (including phenoxy) is 1. The molecule has 0 aliphatic carbocycles. The van der Waals surface area contributed by atoms with E-state index >= 15 is 0 Å². The maximum absolute atomic E-state index is 12.6. The van der Waals surface area contributed by atoms with Gasteiger partial charge in [0.25, 0.3) is 5.91 Å². The summed E-state index contributed by atoms with van der Waals surface area (Å²) in [6.07, 6.45) is 2.38. The predicted octanol–water partition coefficient (Wildman–Crippen LogP) is 1.70. The molecule has 114 valence electrons. The molecule has 0 aliphatic heterocycles. The van der Waals surface area contributed by atoms with Crippen LogP contribution in [0, 0.1) is 0 Å². The van der Waals surface area contributed by atoms with E-state index in [1.165, 1.54) is 0 Å². The number of aromatic nitrogens is 1. The second kappa shape index (κ2) is 6.28. The molecule has 1 unspecified atom stereocenters. The van der Waals surface area contributed by atoms with Crippen molar-refractivity contribution < 1.29 is 14.6 Å². The second-order valence-corrected chi connectivity index (χ2v) is 5.59. The number of nitrogens with zero attached hydrogens (tertiary/aromatic N) is 1. The van der Waals surface area contributed by atoms with Gasteiger partial charge >= 0.3 is 0 Å². The summed E-state index contributed by atoms with van der Waals surface area (Å²) in [6, 6.07) is 7.60. The Hall–Kier alpha value is -1.85. The van der Waals surface area contributed by atoms with Gasteiger partial charge in [-0.1, -0.05) is 6.07 Å². The van der Waals surface area contributed by atoms with Crippen LogP contribution in [0.1, 0.15) is 23.7 Å². The van der Waals surface area contributed by atoms with E-state index in [2.05, 4.69) is 5.32 Å². The normalized spacial score (nSPS) is 14.1. The number of benzene rings is 1. The molecule has 1 aromatic heterocycles. The minimum absolute atomic E-state index is 0.00429. The standard InChI is InChI=1S/C16H22N2O3/c1-16(8-10-19,11-21-3)17-15(20)13-5-4-6-14-12(13)7-9-18(14)2/h4-7,9,19H,8,10-11H2,1-3H3,(H,17,20). The third-order valence-electron chi connectivity index (χ3n) is 3.71. The molecule has 0 spiro atoms. The summed E-state index contributed by atoms with van der Waals surface area (Å²) >= 11 is 0. The molecule has 0 saturated carbocycles. The van der Waals surface area contributed by atoms with Crippen LogP contribution >= 0.6 is 0 Å². The van der Waals surface area contributed by atoms with Gasteiger partial charge in [-0.05, 0) is 31.5 Å². The van der Waals surface area contributed by atoms with Crippen molar-refractivity contribution in [3.05, 3.63) is 36.0 Å². The van der Waals surface area contributed by atoms with E-state index in [1.807, 2.05) is 49.0 Å². The minimum Gasteiger partial charge on any atom is -0.396 e. The summed E-state index contributed by atoms with van der Waals surface area (Å²) in [4.78, 5) is 12.6. The van der Waals surface area contributed by atoms with E-state index < -0.39 is 5.54 Å². The quantitative estimate of drug-likeness (QED) is 0.851. The van der Waals surface area contributed by atoms with Crippen LogP contribution in [0.25, 0.3) is 10.9 Å². The average molecular weight is 290 g/mol. The first-order valence-corrected chi connectivity index (χ1v) is 6.97. The Balaban J connectivity index is 2.29. The van der Waals surface area contributed by atoms with Gasteiger partial charge in [-0.3, -0.25) is 4.79 Å². The Morgan fingerprint density at radius 1 is 1.43 bits per heavy atom. The van der Waals surface area contributed by atoms with Gasteiger partial charge in [0.05, 0.1) is 12.1 Å². The lowest BCUT2D eigenvalue weighted by molar-refractivity contribution is 0.0727. The number of nitrogens with one attached hydrogen (secondary N) is 1. The number of aryl methyl sites for hydroxylation is 1. The van der Waals surface area contributed by atoms with Crippen molar-refractivity contribution in [2.45, 2.75) is 18.9 Å². The van der Waals surface area contributed by atoms with E-state index in [0.717, 1.165) is 10.9 Å². The third kappa shape index (κ3) is 3.25. The molecule has 2 N–H and O–H groups in total. The fourth-order valence-corrected chi connectivity index (χ4v) is 2.58. The zero-order chi connectivity index (χ0) is 15.5. The van der Waals surface area contributed by atoms with Crippen LogP contribution in [0.4, 0.5) is 0 Å². The Morgan fingerprint density at radius 3 is 2.86 bits per heavy atom. The SMILES string of the molecule is COCC(C)(CCO)NC(=O)c1cccc2c1ccn2C. The zero-order valence-corrected chi connectivity index (χ0v) is 12.7. The summed E-state index contributed by atoms with van der Waals surface area (Å²) in [7, 11) is 3.53. The number of rotatable bonds is 6. The van der Waals surface area contributed by atoms with E-state index in [4.69, 9.17) is 4.74 Å². The Labute approximate surface area is 124 Å². The van der Waals surface area contributed by atoms with E-state index in [9.17, 15) is 9.90 Å². The number of amides is 1. The smallest absolute Gasteiger partial charge is 0.252 e. The first kappa shape index (κ1) is 15.5. The highest BCUT2D eigenvalue weighted by Gasteiger charge is 2.27. The van der Waals surface area contributed by atoms with Crippen molar-refractivity contribution in [1.29, 1.82) is 0 Å². The van der Waals surface area contributed by atoms with Gasteiger partial charge in [-0.15, -0.1) is 0 Å². The number of carbonyl (C=O) groups is 1. The van der Waals surface area contributed by atoms with Crippen molar-refractivity contribution in [3.63, 3.8) is 0 Å². The number of carbonyl (C=O) groups excluding carboxylic acids is 1. The van der Waals surface area contributed by atoms with Crippen molar-refractivity contribution >= 4 is 16.8 Å². The lowest BCUT2D eigenvalue weighted by Gasteiger charge is -2.29. The van der Waals surface area contributed by atoms with Gasteiger partial charge in [0.15, 0.2) is 0 Å². The zero-order valence-electron chi connectivity index (χ0n) is 12.7. The molecule has 1 amide bonds. The van der Waals surface area contributed by atoms with Crippen LogP contribution in [0.3, 0.4) is 0 Å². The molecule has 2 aromatic rings. The second-order valence-electron chi connectivity index (χ2n) is 5.59. The fourth-order valence-electron chi connectivity index (χ4n) is 2.58. The minimum atomic E-state index is -0.586. The summed E-state index contributed by atoms with van der Waals surface area (Å²) < 4.78 is 7.14. The molecule has 5 nitrogen and oxygen atoms in total. The van der Waals surface area contributed by atoms with Gasteiger partial charge in [-0.2, -0.15) is 0 Å². The van der Waals surface area contributed by atoms with Crippen LogP contribution in [0.2, 0.25) is 0 Å². The van der Waals surface area contributed by atoms with Gasteiger partial charge in [0, 0.05) is 43.4 Å². The number of hydrogen-bond donors (Lipinski definition) is 2. The highest BCUT2D eigenvalue weighted by molar-refractivity contribution is 6.06. The van der Waals surface area contributed by atoms with Crippen LogP contribution in [0.5, 0.6) is 0 Å². The van der Waals surface area contributed by atoms with Gasteiger partial charge in [0.1, 0.15) is 0 Å². The summed E-state index contributed by atoms with van der Waals surface area (Å²) in [5, 5.41) is 13.1. The molecule has 5 heteroatoms. The molecule has 0 bridgehead atoms. The average Bonchev–Trinajstić information content (AvgIpc) is 2.81. The van der Waals surface area contributed by atoms with Gasteiger partial charge in [0.2, 0.25) is 0 Å². The number of aliphatic hydroxyl groups is 1. The lowest BCUT2D eigenvalue weighted by Crippen LogP contribution is -2.50. The monoisotopic (exact) mass is 290 g/mol. The lowest BCUT2D eigenvalue weighted by atomic mass is 9.98. The molecule has 0 aliphatic rings. The van der Waals surface area contributed by atoms with Crippen molar-refractivity contribution in [1.82, 2.24) is 9.88 Å². The molecule has 0 radical (unpaired) electrons. The van der Waals surface area contributed by atoms with Crippen molar-refractivity contribution in [2.75, 3.05) is 20.3 Å². The van der Waals surface area contributed by atoms with Crippen LogP contribution in [0.15, 0.2) is 30.5 Å². The van der Waals surface area contributed by atoms with E-state index in [-0.39, 0.29) is 12.5 Å². The van der Waals surface area contributed by atoms with Crippen LogP contribution in [-0.4, -0.2) is 41.4 Å². The summed E-state index contributed by atoms with van der Waals surface area (Å²) in [6.45, 7) is 2.22. The molecule has 1 heterocycles. The first-order valence-electron chi connectivity index (χ1n) is 6.97. The first-order chi connectivity index (χ1) is 10.0. The molecule has 2 rings (SSSR count). The Morgan fingerprint density at radius 2 is 2.19 bits per heavy atom. The summed E-state index contributed by atoms with van der Waals surface area (Å²) in [5.74, 6) is -0.153. The molecule has 21 heavy (non-hydrogen) atoms. The van der Waals surface area contributed by atoms with E-state index in [0.29, 0.717) is 18.6 Å². The Bertz CT molecular complexity index is 627. The third-order valence-corrected chi connectivity index (χ3v) is 3.71. The molecule has 1 atom stereocenters. The summed E-state index contributed by atoms with van der Waals surface area (Å²) in [5.41, 5.74) is 1.06.